The molecule has 0 radical (unpaired) electrons. The molecular formula is C24H28O5S. The van der Waals surface area contributed by atoms with Crippen molar-refractivity contribution in [3.05, 3.63) is 65.2 Å². The van der Waals surface area contributed by atoms with E-state index >= 15 is 0 Å². The highest BCUT2D eigenvalue weighted by molar-refractivity contribution is 7.91. The van der Waals surface area contributed by atoms with Gasteiger partial charge in [-0.25, -0.2) is 8.42 Å². The summed E-state index contributed by atoms with van der Waals surface area (Å²) < 4.78 is 29.6. The maximum atomic E-state index is 12.3. The van der Waals surface area contributed by atoms with Gasteiger partial charge in [0.1, 0.15) is 0 Å². The third kappa shape index (κ3) is 6.02. The fraction of sp³-hybridized carbons (Fsp3) is 0.417. The van der Waals surface area contributed by atoms with Gasteiger partial charge in [0.25, 0.3) is 0 Å². The van der Waals surface area contributed by atoms with Gasteiger partial charge in [0.2, 0.25) is 0 Å². The van der Waals surface area contributed by atoms with E-state index in [0.717, 1.165) is 5.56 Å². The Labute approximate surface area is 178 Å². The summed E-state index contributed by atoms with van der Waals surface area (Å²) in [4.78, 5) is 24.4. The molecule has 1 fully saturated rings. The van der Waals surface area contributed by atoms with E-state index in [-0.39, 0.29) is 29.5 Å². The molecule has 1 saturated carbocycles. The first kappa shape index (κ1) is 22.2. The van der Waals surface area contributed by atoms with E-state index in [2.05, 4.69) is 0 Å². The van der Waals surface area contributed by atoms with Crippen molar-refractivity contribution in [1.82, 2.24) is 0 Å². The first-order chi connectivity index (χ1) is 14.3. The lowest BCUT2D eigenvalue weighted by Crippen LogP contribution is -2.17. The summed E-state index contributed by atoms with van der Waals surface area (Å²) in [6, 6.07) is 14.0. The van der Waals surface area contributed by atoms with Crippen LogP contribution in [0.1, 0.15) is 65.9 Å². The van der Waals surface area contributed by atoms with Crippen LogP contribution in [-0.4, -0.2) is 32.5 Å². The van der Waals surface area contributed by atoms with Crippen molar-refractivity contribution < 1.29 is 22.7 Å². The first-order valence-electron chi connectivity index (χ1n) is 10.4. The van der Waals surface area contributed by atoms with Crippen molar-refractivity contribution in [1.29, 1.82) is 0 Å². The topological polar surface area (TPSA) is 77.5 Å². The second-order valence-electron chi connectivity index (χ2n) is 7.92. The number of benzene rings is 2. The van der Waals surface area contributed by atoms with Gasteiger partial charge in [0.15, 0.2) is 22.2 Å². The van der Waals surface area contributed by atoms with Crippen LogP contribution < -0.4 is 0 Å². The van der Waals surface area contributed by atoms with E-state index in [1.54, 1.807) is 24.3 Å². The fourth-order valence-electron chi connectivity index (χ4n) is 3.76. The fourth-order valence-corrected chi connectivity index (χ4v) is 4.98. The van der Waals surface area contributed by atoms with Crippen LogP contribution in [0, 0.1) is 6.92 Å². The predicted molar refractivity (Wildman–Crippen MR) is 115 cm³/mol. The highest BCUT2D eigenvalue weighted by Gasteiger charge is 2.19. The number of ketones is 1. The zero-order valence-corrected chi connectivity index (χ0v) is 18.1. The van der Waals surface area contributed by atoms with Crippen molar-refractivity contribution in [2.45, 2.75) is 56.3 Å². The SMILES string of the molecule is Cc1ccc(S(=O)(=O)CCC(=O)OCC(=O)c2ccc(C3CCCCC3)cc2)cc1. The molecule has 1 aliphatic rings. The van der Waals surface area contributed by atoms with E-state index in [4.69, 9.17) is 4.74 Å². The minimum atomic E-state index is -3.56. The van der Waals surface area contributed by atoms with Gasteiger partial charge >= 0.3 is 5.97 Å². The Balaban J connectivity index is 1.47. The second-order valence-corrected chi connectivity index (χ2v) is 10.0. The van der Waals surface area contributed by atoms with Crippen LogP contribution in [0.15, 0.2) is 53.4 Å². The number of carbonyl (C=O) groups excluding carboxylic acids is 2. The normalized spacial score (nSPS) is 15.0. The number of rotatable bonds is 8. The van der Waals surface area contributed by atoms with Crippen LogP contribution >= 0.6 is 0 Å². The summed E-state index contributed by atoms with van der Waals surface area (Å²) in [5.41, 5.74) is 2.71. The summed E-state index contributed by atoms with van der Waals surface area (Å²) in [6.45, 7) is 1.49. The van der Waals surface area contributed by atoms with Crippen molar-refractivity contribution >= 4 is 21.6 Å². The lowest BCUT2D eigenvalue weighted by Gasteiger charge is -2.22. The molecular weight excluding hydrogens is 400 g/mol. The monoisotopic (exact) mass is 428 g/mol. The Morgan fingerprint density at radius 2 is 1.57 bits per heavy atom. The molecule has 0 bridgehead atoms. The number of esters is 1. The average Bonchev–Trinajstić information content (AvgIpc) is 2.77. The number of Topliss-reactive ketones (excluding diaryl/α,β-unsaturated/α-hetero) is 1. The molecule has 160 valence electrons. The molecule has 0 aromatic heterocycles. The van der Waals surface area contributed by atoms with Crippen molar-refractivity contribution in [2.24, 2.45) is 0 Å². The van der Waals surface area contributed by atoms with Gasteiger partial charge in [-0.05, 0) is 43.4 Å². The number of sulfone groups is 1. The smallest absolute Gasteiger partial charge is 0.307 e. The van der Waals surface area contributed by atoms with Gasteiger partial charge in [-0.3, -0.25) is 9.59 Å². The molecule has 2 aromatic rings. The number of ether oxygens (including phenoxy) is 1. The minimum absolute atomic E-state index is 0.176. The molecule has 2 aromatic carbocycles. The summed E-state index contributed by atoms with van der Waals surface area (Å²) in [6.07, 6.45) is 5.89. The van der Waals surface area contributed by atoms with Crippen LogP contribution in [0.2, 0.25) is 0 Å². The molecule has 0 amide bonds. The first-order valence-corrected chi connectivity index (χ1v) is 12.1. The highest BCUT2D eigenvalue weighted by atomic mass is 32.2. The van der Waals surface area contributed by atoms with Crippen molar-refractivity contribution in [3.8, 4) is 0 Å². The molecule has 0 atom stereocenters. The van der Waals surface area contributed by atoms with E-state index in [1.807, 2.05) is 19.1 Å². The molecule has 30 heavy (non-hydrogen) atoms. The van der Waals surface area contributed by atoms with E-state index in [1.165, 1.54) is 49.8 Å². The number of hydrogen-bond acceptors (Lipinski definition) is 5. The molecule has 1 aliphatic carbocycles. The van der Waals surface area contributed by atoms with Gasteiger partial charge in [-0.1, -0.05) is 61.2 Å². The third-order valence-electron chi connectivity index (χ3n) is 5.63. The van der Waals surface area contributed by atoms with Gasteiger partial charge in [0, 0.05) is 5.56 Å². The van der Waals surface area contributed by atoms with Crippen LogP contribution in [-0.2, 0) is 19.4 Å². The molecule has 0 saturated heterocycles. The summed E-state index contributed by atoms with van der Waals surface area (Å²) in [5, 5.41) is 0. The maximum absolute atomic E-state index is 12.3. The van der Waals surface area contributed by atoms with E-state index < -0.39 is 15.8 Å². The van der Waals surface area contributed by atoms with Gasteiger partial charge in [-0.15, -0.1) is 0 Å². The van der Waals surface area contributed by atoms with Gasteiger partial charge in [-0.2, -0.15) is 0 Å². The minimum Gasteiger partial charge on any atom is -0.457 e. The molecule has 0 heterocycles. The second kappa shape index (κ2) is 10.0. The predicted octanol–water partition coefficient (Wildman–Crippen LogP) is 4.63. The molecule has 3 rings (SSSR count). The number of carbonyl (C=O) groups is 2. The van der Waals surface area contributed by atoms with Gasteiger partial charge in [0.05, 0.1) is 17.1 Å². The quantitative estimate of drug-likeness (QED) is 0.452. The largest absolute Gasteiger partial charge is 0.457 e. The third-order valence-corrected chi connectivity index (χ3v) is 7.36. The average molecular weight is 429 g/mol. The molecule has 0 aliphatic heterocycles. The molecule has 0 unspecified atom stereocenters. The Morgan fingerprint density at radius 3 is 2.20 bits per heavy atom. The Morgan fingerprint density at radius 1 is 0.933 bits per heavy atom. The summed E-state index contributed by atoms with van der Waals surface area (Å²) in [7, 11) is -3.56. The molecule has 0 N–H and O–H groups in total. The molecule has 0 spiro atoms. The lowest BCUT2D eigenvalue weighted by atomic mass is 9.84. The van der Waals surface area contributed by atoms with Crippen molar-refractivity contribution in [2.75, 3.05) is 12.4 Å². The molecule has 6 heteroatoms. The standard InChI is InChI=1S/C24H28O5S/c1-18-7-13-22(14-8-18)30(27,28)16-15-24(26)29-17-23(25)21-11-9-20(10-12-21)19-5-3-2-4-6-19/h7-14,19H,2-6,15-17H2,1H3. The summed E-state index contributed by atoms with van der Waals surface area (Å²) in [5.74, 6) is -0.770. The Bertz CT molecular complexity index is 969. The highest BCUT2D eigenvalue weighted by Crippen LogP contribution is 2.32. The lowest BCUT2D eigenvalue weighted by molar-refractivity contribution is -0.142. The van der Waals surface area contributed by atoms with E-state index in [9.17, 15) is 18.0 Å². The van der Waals surface area contributed by atoms with Gasteiger partial charge < -0.3 is 4.74 Å². The zero-order valence-electron chi connectivity index (χ0n) is 17.3. The van der Waals surface area contributed by atoms with Crippen LogP contribution in [0.25, 0.3) is 0 Å². The van der Waals surface area contributed by atoms with Crippen LogP contribution in [0.3, 0.4) is 0 Å². The van der Waals surface area contributed by atoms with Crippen molar-refractivity contribution in [3.63, 3.8) is 0 Å². The van der Waals surface area contributed by atoms with Crippen LogP contribution in [0.4, 0.5) is 0 Å². The Hall–Kier alpha value is -2.47. The maximum Gasteiger partial charge on any atom is 0.307 e. The number of aryl methyl sites for hydroxylation is 1. The van der Waals surface area contributed by atoms with E-state index in [0.29, 0.717) is 11.5 Å². The molecule has 5 nitrogen and oxygen atoms in total. The number of hydrogen-bond donors (Lipinski definition) is 0. The summed E-state index contributed by atoms with van der Waals surface area (Å²) >= 11 is 0. The Kier molecular flexibility index (Phi) is 7.43. The zero-order chi connectivity index (χ0) is 21.6. The van der Waals surface area contributed by atoms with Crippen LogP contribution in [0.5, 0.6) is 0 Å².